The minimum atomic E-state index is 0.207. The molecule has 3 nitrogen and oxygen atoms in total. The Kier molecular flexibility index (Phi) is 1.93. The fourth-order valence-corrected chi connectivity index (χ4v) is 2.99. The van der Waals surface area contributed by atoms with Crippen LogP contribution in [0.1, 0.15) is 55.5 Å². The number of fused-ring (bicyclic) bond motifs is 1. The predicted octanol–water partition coefficient (Wildman–Crippen LogP) is 2.17. The number of rotatable bonds is 2. The molecule has 3 rings (SSSR count). The molecule has 0 aromatic carbocycles. The van der Waals surface area contributed by atoms with Gasteiger partial charge in [0, 0.05) is 29.9 Å². The summed E-state index contributed by atoms with van der Waals surface area (Å²) < 4.78 is 5.45. The molecule has 0 radical (unpaired) electrons. The second-order valence-electron chi connectivity index (χ2n) is 5.25. The van der Waals surface area contributed by atoms with Crippen LogP contribution in [0.25, 0.3) is 0 Å². The Bertz CT molecular complexity index is 379. The van der Waals surface area contributed by atoms with E-state index in [4.69, 9.17) is 10.3 Å². The molecule has 3 heteroatoms. The Morgan fingerprint density at radius 3 is 2.80 bits per heavy atom. The Labute approximate surface area is 90.0 Å². The Hall–Kier alpha value is -0.830. The summed E-state index contributed by atoms with van der Waals surface area (Å²) in [6.45, 7) is 4.36. The molecule has 1 fully saturated rings. The second kappa shape index (κ2) is 3.08. The van der Waals surface area contributed by atoms with Crippen molar-refractivity contribution in [2.75, 3.05) is 0 Å². The van der Waals surface area contributed by atoms with Crippen molar-refractivity contribution < 1.29 is 4.52 Å². The molecule has 2 aliphatic rings. The lowest BCUT2D eigenvalue weighted by Crippen LogP contribution is -2.27. The molecule has 2 aliphatic carbocycles. The molecule has 0 aliphatic heterocycles. The largest absolute Gasteiger partial charge is 0.361 e. The maximum Gasteiger partial charge on any atom is 0.140 e. The van der Waals surface area contributed by atoms with E-state index >= 15 is 0 Å². The van der Waals surface area contributed by atoms with Gasteiger partial charge < -0.3 is 10.3 Å². The third-order valence-electron chi connectivity index (χ3n) is 3.81. The van der Waals surface area contributed by atoms with Gasteiger partial charge in [-0.25, -0.2) is 0 Å². The first-order chi connectivity index (χ1) is 7.18. The summed E-state index contributed by atoms with van der Waals surface area (Å²) >= 11 is 0. The Morgan fingerprint density at radius 1 is 1.47 bits per heavy atom. The molecule has 0 amide bonds. The van der Waals surface area contributed by atoms with Crippen molar-refractivity contribution >= 4 is 0 Å². The SMILES string of the molecule is CC(N)C1c2c(C3CC3)noc2CC1C. The van der Waals surface area contributed by atoms with Gasteiger partial charge in [0.05, 0.1) is 5.69 Å². The van der Waals surface area contributed by atoms with Crippen LogP contribution in [0.3, 0.4) is 0 Å². The fourth-order valence-electron chi connectivity index (χ4n) is 2.99. The van der Waals surface area contributed by atoms with Crippen LogP contribution in [-0.4, -0.2) is 11.2 Å². The highest BCUT2D eigenvalue weighted by atomic mass is 16.5. The van der Waals surface area contributed by atoms with Crippen LogP contribution in [0.4, 0.5) is 0 Å². The maximum atomic E-state index is 6.08. The summed E-state index contributed by atoms with van der Waals surface area (Å²) in [7, 11) is 0. The van der Waals surface area contributed by atoms with Gasteiger partial charge in [0.2, 0.25) is 0 Å². The molecular weight excluding hydrogens is 188 g/mol. The van der Waals surface area contributed by atoms with E-state index in [0.717, 1.165) is 12.2 Å². The van der Waals surface area contributed by atoms with E-state index in [1.54, 1.807) is 0 Å². The molecule has 15 heavy (non-hydrogen) atoms. The zero-order valence-corrected chi connectivity index (χ0v) is 9.36. The lowest BCUT2D eigenvalue weighted by molar-refractivity contribution is 0.356. The molecule has 82 valence electrons. The molecule has 1 saturated carbocycles. The average Bonchev–Trinajstić information content (AvgIpc) is 2.83. The summed E-state index contributed by atoms with van der Waals surface area (Å²) in [6.07, 6.45) is 3.57. The van der Waals surface area contributed by atoms with Gasteiger partial charge in [0.1, 0.15) is 5.76 Å². The van der Waals surface area contributed by atoms with Gasteiger partial charge in [-0.3, -0.25) is 0 Å². The molecule has 0 bridgehead atoms. The minimum absolute atomic E-state index is 0.207. The maximum absolute atomic E-state index is 6.08. The van der Waals surface area contributed by atoms with Gasteiger partial charge in [0.15, 0.2) is 0 Å². The molecule has 0 saturated heterocycles. The highest BCUT2D eigenvalue weighted by Gasteiger charge is 2.41. The third kappa shape index (κ3) is 1.33. The van der Waals surface area contributed by atoms with Gasteiger partial charge in [0.25, 0.3) is 0 Å². The predicted molar refractivity (Wildman–Crippen MR) is 57.7 cm³/mol. The molecule has 3 unspecified atom stereocenters. The van der Waals surface area contributed by atoms with Crippen molar-refractivity contribution in [1.82, 2.24) is 5.16 Å². The van der Waals surface area contributed by atoms with E-state index < -0.39 is 0 Å². The van der Waals surface area contributed by atoms with Crippen LogP contribution in [0, 0.1) is 5.92 Å². The van der Waals surface area contributed by atoms with Crippen molar-refractivity contribution in [3.63, 3.8) is 0 Å². The van der Waals surface area contributed by atoms with Crippen LogP contribution in [-0.2, 0) is 6.42 Å². The van der Waals surface area contributed by atoms with E-state index in [1.807, 2.05) is 0 Å². The number of nitrogens with zero attached hydrogens (tertiary/aromatic N) is 1. The number of hydrogen-bond donors (Lipinski definition) is 1. The molecule has 3 atom stereocenters. The van der Waals surface area contributed by atoms with Gasteiger partial charge in [-0.2, -0.15) is 0 Å². The zero-order valence-electron chi connectivity index (χ0n) is 9.36. The van der Waals surface area contributed by atoms with Gasteiger partial charge in [-0.05, 0) is 25.7 Å². The Morgan fingerprint density at radius 2 is 2.20 bits per heavy atom. The molecular formula is C12H18N2O. The standard InChI is InChI=1S/C12H18N2O/c1-6-5-9-11(10(6)7(2)13)12(14-15-9)8-3-4-8/h6-8,10H,3-5,13H2,1-2H3. The van der Waals surface area contributed by atoms with Crippen molar-refractivity contribution in [3.8, 4) is 0 Å². The van der Waals surface area contributed by atoms with Crippen LogP contribution in [0.15, 0.2) is 4.52 Å². The molecule has 1 heterocycles. The van der Waals surface area contributed by atoms with Crippen LogP contribution >= 0.6 is 0 Å². The summed E-state index contributed by atoms with van der Waals surface area (Å²) in [4.78, 5) is 0. The summed E-state index contributed by atoms with van der Waals surface area (Å²) in [6, 6.07) is 0.207. The second-order valence-corrected chi connectivity index (χ2v) is 5.25. The topological polar surface area (TPSA) is 52.0 Å². The number of hydrogen-bond acceptors (Lipinski definition) is 3. The smallest absolute Gasteiger partial charge is 0.140 e. The summed E-state index contributed by atoms with van der Waals surface area (Å²) in [5.74, 6) is 2.84. The highest BCUT2D eigenvalue weighted by Crippen LogP contribution is 2.49. The molecule has 1 aromatic rings. The van der Waals surface area contributed by atoms with E-state index in [0.29, 0.717) is 17.8 Å². The molecule has 1 aromatic heterocycles. The lowest BCUT2D eigenvalue weighted by atomic mass is 9.87. The van der Waals surface area contributed by atoms with Crippen LogP contribution in [0.2, 0.25) is 0 Å². The van der Waals surface area contributed by atoms with Crippen LogP contribution in [0.5, 0.6) is 0 Å². The first-order valence-electron chi connectivity index (χ1n) is 5.92. The van der Waals surface area contributed by atoms with Crippen molar-refractivity contribution in [1.29, 1.82) is 0 Å². The van der Waals surface area contributed by atoms with Gasteiger partial charge in [-0.15, -0.1) is 0 Å². The monoisotopic (exact) mass is 206 g/mol. The highest BCUT2D eigenvalue weighted by molar-refractivity contribution is 5.38. The van der Waals surface area contributed by atoms with Gasteiger partial charge in [-0.1, -0.05) is 12.1 Å². The fraction of sp³-hybridized carbons (Fsp3) is 0.750. The number of aromatic nitrogens is 1. The minimum Gasteiger partial charge on any atom is -0.361 e. The summed E-state index contributed by atoms with van der Waals surface area (Å²) in [5, 5.41) is 4.24. The quantitative estimate of drug-likeness (QED) is 0.806. The Balaban J connectivity index is 2.03. The zero-order chi connectivity index (χ0) is 10.6. The molecule has 2 N–H and O–H groups in total. The first kappa shape index (κ1) is 9.40. The van der Waals surface area contributed by atoms with E-state index in [1.165, 1.54) is 24.1 Å². The lowest BCUT2D eigenvalue weighted by Gasteiger charge is -2.20. The number of nitrogens with two attached hydrogens (primary N) is 1. The van der Waals surface area contributed by atoms with E-state index in [9.17, 15) is 0 Å². The van der Waals surface area contributed by atoms with Gasteiger partial charge >= 0.3 is 0 Å². The third-order valence-corrected chi connectivity index (χ3v) is 3.81. The van der Waals surface area contributed by atoms with Crippen molar-refractivity contribution in [2.24, 2.45) is 11.7 Å². The van der Waals surface area contributed by atoms with Crippen molar-refractivity contribution in [2.45, 2.75) is 51.0 Å². The normalized spacial score (nSPS) is 31.7. The molecule has 0 spiro atoms. The van der Waals surface area contributed by atoms with Crippen molar-refractivity contribution in [3.05, 3.63) is 17.0 Å². The first-order valence-corrected chi connectivity index (χ1v) is 5.92. The van der Waals surface area contributed by atoms with Crippen LogP contribution < -0.4 is 5.73 Å². The summed E-state index contributed by atoms with van der Waals surface area (Å²) in [5.41, 5.74) is 8.66. The van der Waals surface area contributed by atoms with E-state index in [2.05, 4.69) is 19.0 Å². The van der Waals surface area contributed by atoms with E-state index in [-0.39, 0.29) is 6.04 Å². The average molecular weight is 206 g/mol.